The van der Waals surface area contributed by atoms with Crippen molar-refractivity contribution in [3.8, 4) is 0 Å². The number of amides is 1. The first-order valence-corrected chi connectivity index (χ1v) is 4.99. The normalized spacial score (nSPS) is 10.3. The van der Waals surface area contributed by atoms with E-state index in [1.165, 1.54) is 0 Å². The molecule has 0 unspecified atom stereocenters. The monoisotopic (exact) mass is 208 g/mol. The maximum Gasteiger partial charge on any atom is 0.254 e. The lowest BCUT2D eigenvalue weighted by atomic mass is 10.2. The van der Waals surface area contributed by atoms with Gasteiger partial charge in [0.05, 0.1) is 5.69 Å². The molecule has 5 nitrogen and oxygen atoms in total. The molecule has 1 heterocycles. The summed E-state index contributed by atoms with van der Waals surface area (Å²) in [6.45, 7) is 3.81. The van der Waals surface area contributed by atoms with E-state index in [1.54, 1.807) is 6.92 Å². The topological polar surface area (TPSA) is 94.9 Å². The van der Waals surface area contributed by atoms with E-state index in [-0.39, 0.29) is 11.4 Å². The van der Waals surface area contributed by atoms with E-state index in [4.69, 9.17) is 11.5 Å². The van der Waals surface area contributed by atoms with Gasteiger partial charge in [0.15, 0.2) is 0 Å². The number of carbonyl (C=O) groups is 1. The second-order valence-electron chi connectivity index (χ2n) is 3.45. The third-order valence-corrected chi connectivity index (χ3v) is 2.16. The molecular weight excluding hydrogens is 192 g/mol. The number of carbonyl (C=O) groups excluding carboxylic acids is 1. The molecule has 1 aromatic rings. The molecule has 0 saturated heterocycles. The van der Waals surface area contributed by atoms with Crippen molar-refractivity contribution in [1.29, 1.82) is 0 Å². The molecule has 4 N–H and O–H groups in total. The van der Waals surface area contributed by atoms with Crippen LogP contribution in [0.15, 0.2) is 0 Å². The number of rotatable bonds is 4. The summed E-state index contributed by atoms with van der Waals surface area (Å²) in [6, 6.07) is 0. The highest BCUT2D eigenvalue weighted by molar-refractivity contribution is 5.98. The molecule has 0 atom stereocenters. The molecule has 0 aliphatic rings. The standard InChI is InChI=1S/C10H16N4O/c1-3-4-5-7-13-6(2)8(10(12)15)9(11)14-7/h3-5H2,1-2H3,(H2,12,15)(H2,11,13,14). The first-order chi connectivity index (χ1) is 7.06. The van der Waals surface area contributed by atoms with Crippen molar-refractivity contribution in [3.05, 3.63) is 17.1 Å². The summed E-state index contributed by atoms with van der Waals surface area (Å²) in [5, 5.41) is 0. The van der Waals surface area contributed by atoms with Gasteiger partial charge in [0.1, 0.15) is 17.2 Å². The first kappa shape index (κ1) is 11.4. The largest absolute Gasteiger partial charge is 0.383 e. The van der Waals surface area contributed by atoms with Gasteiger partial charge in [0.2, 0.25) is 0 Å². The Bertz CT molecular complexity index is 353. The van der Waals surface area contributed by atoms with Gasteiger partial charge in [-0.05, 0) is 13.3 Å². The van der Waals surface area contributed by atoms with E-state index >= 15 is 0 Å². The van der Waals surface area contributed by atoms with Crippen LogP contribution in [-0.4, -0.2) is 15.9 Å². The fourth-order valence-electron chi connectivity index (χ4n) is 1.41. The summed E-state index contributed by atoms with van der Waals surface area (Å²) in [6.07, 6.45) is 2.86. The quantitative estimate of drug-likeness (QED) is 0.765. The van der Waals surface area contributed by atoms with Crippen LogP contribution in [0.3, 0.4) is 0 Å². The Balaban J connectivity index is 3.03. The Morgan fingerprint density at radius 3 is 2.53 bits per heavy atom. The predicted octanol–water partition coefficient (Wildman–Crippen LogP) is 0.809. The lowest BCUT2D eigenvalue weighted by molar-refractivity contribution is 0.1000. The summed E-state index contributed by atoms with van der Waals surface area (Å²) in [5.41, 5.74) is 11.6. The summed E-state index contributed by atoms with van der Waals surface area (Å²) >= 11 is 0. The van der Waals surface area contributed by atoms with Gasteiger partial charge in [0.25, 0.3) is 5.91 Å². The lowest BCUT2D eigenvalue weighted by Gasteiger charge is -2.07. The van der Waals surface area contributed by atoms with E-state index < -0.39 is 5.91 Å². The molecular formula is C10H16N4O. The lowest BCUT2D eigenvalue weighted by Crippen LogP contribution is -2.18. The summed E-state index contributed by atoms with van der Waals surface area (Å²) < 4.78 is 0. The second-order valence-corrected chi connectivity index (χ2v) is 3.45. The van der Waals surface area contributed by atoms with Crippen molar-refractivity contribution in [1.82, 2.24) is 9.97 Å². The Morgan fingerprint density at radius 1 is 1.40 bits per heavy atom. The number of aryl methyl sites for hydroxylation is 2. The molecule has 0 spiro atoms. The average molecular weight is 208 g/mol. The van der Waals surface area contributed by atoms with Gasteiger partial charge < -0.3 is 11.5 Å². The highest BCUT2D eigenvalue weighted by Gasteiger charge is 2.13. The molecule has 1 aromatic heterocycles. The van der Waals surface area contributed by atoms with E-state index in [9.17, 15) is 4.79 Å². The number of anilines is 1. The summed E-state index contributed by atoms with van der Waals surface area (Å²) in [4.78, 5) is 19.3. The van der Waals surface area contributed by atoms with Gasteiger partial charge in [-0.1, -0.05) is 13.3 Å². The number of aromatic nitrogens is 2. The number of primary amides is 1. The number of hydrogen-bond acceptors (Lipinski definition) is 4. The molecule has 0 aromatic carbocycles. The third kappa shape index (κ3) is 2.65. The van der Waals surface area contributed by atoms with Gasteiger partial charge in [-0.2, -0.15) is 0 Å². The van der Waals surface area contributed by atoms with Crippen LogP contribution in [0, 0.1) is 6.92 Å². The fraction of sp³-hybridized carbons (Fsp3) is 0.500. The van der Waals surface area contributed by atoms with Gasteiger partial charge in [-0.3, -0.25) is 4.79 Å². The highest BCUT2D eigenvalue weighted by Crippen LogP contribution is 2.13. The van der Waals surface area contributed by atoms with Crippen LogP contribution in [0.2, 0.25) is 0 Å². The number of nitrogens with zero attached hydrogens (tertiary/aromatic N) is 2. The van der Waals surface area contributed by atoms with Gasteiger partial charge in [0, 0.05) is 6.42 Å². The molecule has 0 saturated carbocycles. The Hall–Kier alpha value is -1.65. The first-order valence-electron chi connectivity index (χ1n) is 4.99. The minimum Gasteiger partial charge on any atom is -0.383 e. The zero-order valence-electron chi connectivity index (χ0n) is 9.08. The van der Waals surface area contributed by atoms with Gasteiger partial charge >= 0.3 is 0 Å². The highest BCUT2D eigenvalue weighted by atomic mass is 16.1. The van der Waals surface area contributed by atoms with E-state index in [0.29, 0.717) is 11.5 Å². The second kappa shape index (κ2) is 4.72. The van der Waals surface area contributed by atoms with Gasteiger partial charge in [-0.15, -0.1) is 0 Å². The van der Waals surface area contributed by atoms with Crippen LogP contribution in [0.4, 0.5) is 5.82 Å². The van der Waals surface area contributed by atoms with E-state index in [1.807, 2.05) is 0 Å². The van der Waals surface area contributed by atoms with Crippen LogP contribution >= 0.6 is 0 Å². The molecule has 0 aliphatic carbocycles. The molecule has 0 aliphatic heterocycles. The van der Waals surface area contributed by atoms with Gasteiger partial charge in [-0.25, -0.2) is 9.97 Å². The Kier molecular flexibility index (Phi) is 3.60. The molecule has 15 heavy (non-hydrogen) atoms. The van der Waals surface area contributed by atoms with Crippen LogP contribution in [0.1, 0.15) is 41.6 Å². The van der Waals surface area contributed by atoms with E-state index in [2.05, 4.69) is 16.9 Å². The van der Waals surface area contributed by atoms with Crippen LogP contribution in [-0.2, 0) is 6.42 Å². The third-order valence-electron chi connectivity index (χ3n) is 2.16. The molecule has 0 bridgehead atoms. The van der Waals surface area contributed by atoms with Crippen molar-refractivity contribution in [2.24, 2.45) is 5.73 Å². The molecule has 0 fully saturated rings. The van der Waals surface area contributed by atoms with Crippen molar-refractivity contribution in [3.63, 3.8) is 0 Å². The molecule has 1 rings (SSSR count). The summed E-state index contributed by atoms with van der Waals surface area (Å²) in [7, 11) is 0. The minimum absolute atomic E-state index is 0.182. The van der Waals surface area contributed by atoms with Crippen molar-refractivity contribution in [2.45, 2.75) is 33.1 Å². The minimum atomic E-state index is -0.577. The zero-order chi connectivity index (χ0) is 11.4. The summed E-state index contributed by atoms with van der Waals surface area (Å²) in [5.74, 6) is 0.282. The van der Waals surface area contributed by atoms with Crippen LogP contribution < -0.4 is 11.5 Å². The van der Waals surface area contributed by atoms with Crippen LogP contribution in [0.5, 0.6) is 0 Å². The smallest absolute Gasteiger partial charge is 0.254 e. The SMILES string of the molecule is CCCCc1nc(C)c(C(N)=O)c(N)n1. The zero-order valence-corrected chi connectivity index (χ0v) is 9.08. The Morgan fingerprint density at radius 2 is 2.07 bits per heavy atom. The fourth-order valence-corrected chi connectivity index (χ4v) is 1.41. The predicted molar refractivity (Wildman–Crippen MR) is 58.3 cm³/mol. The maximum atomic E-state index is 11.0. The number of hydrogen-bond donors (Lipinski definition) is 2. The van der Waals surface area contributed by atoms with Crippen molar-refractivity contribution in [2.75, 3.05) is 5.73 Å². The molecule has 82 valence electrons. The van der Waals surface area contributed by atoms with Crippen molar-refractivity contribution < 1.29 is 4.79 Å². The number of nitrogens with two attached hydrogens (primary N) is 2. The maximum absolute atomic E-state index is 11.0. The molecule has 1 amide bonds. The average Bonchev–Trinajstić information content (AvgIpc) is 2.12. The molecule has 0 radical (unpaired) electrons. The number of nitrogen functional groups attached to an aromatic ring is 1. The number of unbranched alkanes of at least 4 members (excludes halogenated alkanes) is 1. The Labute approximate surface area is 88.9 Å². The van der Waals surface area contributed by atoms with Crippen LogP contribution in [0.25, 0.3) is 0 Å². The molecule has 5 heteroatoms. The van der Waals surface area contributed by atoms with E-state index in [0.717, 1.165) is 19.3 Å². The van der Waals surface area contributed by atoms with Crippen molar-refractivity contribution >= 4 is 11.7 Å².